The van der Waals surface area contributed by atoms with E-state index >= 15 is 0 Å². The van der Waals surface area contributed by atoms with Gasteiger partial charge in [-0.15, -0.1) is 0 Å². The highest BCUT2D eigenvalue weighted by atomic mass is 16.5. The predicted molar refractivity (Wildman–Crippen MR) is 84.8 cm³/mol. The summed E-state index contributed by atoms with van der Waals surface area (Å²) in [5, 5.41) is 14.5. The van der Waals surface area contributed by atoms with E-state index in [1.165, 1.54) is 0 Å². The highest BCUT2D eigenvalue weighted by molar-refractivity contribution is 5.89. The van der Waals surface area contributed by atoms with E-state index in [0.29, 0.717) is 25.4 Å². The lowest BCUT2D eigenvalue weighted by molar-refractivity contribution is 0.109. The van der Waals surface area contributed by atoms with Gasteiger partial charge in [0, 0.05) is 36.8 Å². The number of fused-ring (bicyclic) bond motifs is 1. The van der Waals surface area contributed by atoms with Gasteiger partial charge in [0.2, 0.25) is 0 Å². The number of nitrogens with zero attached hydrogens (tertiary/aromatic N) is 3. The van der Waals surface area contributed by atoms with Crippen molar-refractivity contribution in [2.45, 2.75) is 31.9 Å². The van der Waals surface area contributed by atoms with Crippen LogP contribution in [0.15, 0.2) is 12.3 Å². The summed E-state index contributed by atoms with van der Waals surface area (Å²) in [5.41, 5.74) is 2.78. The van der Waals surface area contributed by atoms with Crippen LogP contribution in [0, 0.1) is 11.3 Å². The normalized spacial score (nSPS) is 18.7. The molecule has 3 rings (SSSR count). The average Bonchev–Trinajstić information content (AvgIpc) is 2.57. The molecule has 1 aromatic rings. The van der Waals surface area contributed by atoms with Gasteiger partial charge < -0.3 is 15.4 Å². The lowest BCUT2D eigenvalue weighted by atomic mass is 10.1. The molecule has 7 nitrogen and oxygen atoms in total. The largest absolute Gasteiger partial charge is 0.376 e. The molecule has 0 aromatic carbocycles. The molecule has 0 aliphatic carbocycles. The summed E-state index contributed by atoms with van der Waals surface area (Å²) in [6.07, 6.45) is 4.25. The van der Waals surface area contributed by atoms with Crippen molar-refractivity contribution in [3.05, 3.63) is 23.5 Å². The number of hydrogen-bond donors (Lipinski definition) is 2. The van der Waals surface area contributed by atoms with Gasteiger partial charge in [-0.1, -0.05) is 0 Å². The van der Waals surface area contributed by atoms with Crippen LogP contribution in [0.4, 0.5) is 10.5 Å². The second kappa shape index (κ2) is 7.40. The van der Waals surface area contributed by atoms with Gasteiger partial charge in [0.1, 0.15) is 0 Å². The van der Waals surface area contributed by atoms with Crippen molar-refractivity contribution < 1.29 is 9.53 Å². The molecule has 2 N–H and O–H groups in total. The number of rotatable bonds is 3. The molecule has 7 heteroatoms. The number of nitriles is 1. The Kier molecular flexibility index (Phi) is 5.05. The number of ether oxygens (including phenoxy) is 1. The standard InChI is InChI=1S/C16H21N5O2/c17-4-7-21-5-1-13(2-6-21)19-16(22)20-14-9-12-11-23-8-3-15(12)18-10-14/h9-10,13H,1-3,5-8,11H2,(H2,19,20,22). The topological polar surface area (TPSA) is 90.3 Å². The Morgan fingerprint density at radius 1 is 1.48 bits per heavy atom. The monoisotopic (exact) mass is 315 g/mol. The van der Waals surface area contributed by atoms with Crippen LogP contribution in [0.2, 0.25) is 0 Å². The van der Waals surface area contributed by atoms with E-state index in [0.717, 1.165) is 43.6 Å². The summed E-state index contributed by atoms with van der Waals surface area (Å²) in [7, 11) is 0. The molecule has 0 atom stereocenters. The van der Waals surface area contributed by atoms with Crippen molar-refractivity contribution in [2.75, 3.05) is 31.6 Å². The number of carbonyl (C=O) groups excluding carboxylic acids is 1. The molecule has 23 heavy (non-hydrogen) atoms. The van der Waals surface area contributed by atoms with Gasteiger partial charge >= 0.3 is 6.03 Å². The third-order valence-corrected chi connectivity index (χ3v) is 4.28. The Hall–Kier alpha value is -2.17. The highest BCUT2D eigenvalue weighted by Gasteiger charge is 2.20. The van der Waals surface area contributed by atoms with Crippen LogP contribution in [0.25, 0.3) is 0 Å². The summed E-state index contributed by atoms with van der Waals surface area (Å²) in [6, 6.07) is 4.03. The molecule has 0 saturated carbocycles. The SMILES string of the molecule is N#CCN1CCC(NC(=O)Nc2cnc3c(c2)COCC3)CC1. The highest BCUT2D eigenvalue weighted by Crippen LogP contribution is 2.18. The van der Waals surface area contributed by atoms with Gasteiger partial charge in [0.05, 0.1) is 37.7 Å². The minimum Gasteiger partial charge on any atom is -0.376 e. The number of amides is 2. The molecule has 1 saturated heterocycles. The van der Waals surface area contributed by atoms with E-state index < -0.39 is 0 Å². The molecule has 1 aromatic heterocycles. The number of anilines is 1. The maximum atomic E-state index is 12.1. The zero-order valence-electron chi connectivity index (χ0n) is 13.0. The Morgan fingerprint density at radius 3 is 3.09 bits per heavy atom. The molecule has 2 aliphatic rings. The van der Waals surface area contributed by atoms with E-state index in [9.17, 15) is 4.79 Å². The van der Waals surface area contributed by atoms with Crippen LogP contribution >= 0.6 is 0 Å². The summed E-state index contributed by atoms with van der Waals surface area (Å²) >= 11 is 0. The van der Waals surface area contributed by atoms with Gasteiger partial charge in [-0.3, -0.25) is 9.88 Å². The van der Waals surface area contributed by atoms with Gasteiger partial charge in [-0.25, -0.2) is 4.79 Å². The van der Waals surface area contributed by atoms with Crippen molar-refractivity contribution in [3.8, 4) is 6.07 Å². The molecule has 2 amide bonds. The first-order chi connectivity index (χ1) is 11.2. The van der Waals surface area contributed by atoms with E-state index in [4.69, 9.17) is 10.00 Å². The molecule has 122 valence electrons. The molecular weight excluding hydrogens is 294 g/mol. The van der Waals surface area contributed by atoms with E-state index in [1.54, 1.807) is 6.20 Å². The molecule has 0 bridgehead atoms. The van der Waals surface area contributed by atoms with E-state index in [1.807, 2.05) is 6.07 Å². The lowest BCUT2D eigenvalue weighted by Crippen LogP contribution is -2.46. The van der Waals surface area contributed by atoms with Crippen molar-refractivity contribution >= 4 is 11.7 Å². The summed E-state index contributed by atoms with van der Waals surface area (Å²) < 4.78 is 5.41. The number of urea groups is 1. The first-order valence-electron chi connectivity index (χ1n) is 7.97. The van der Waals surface area contributed by atoms with Crippen LogP contribution in [-0.4, -0.2) is 48.2 Å². The van der Waals surface area contributed by atoms with Gasteiger partial charge in [0.25, 0.3) is 0 Å². The fourth-order valence-corrected chi connectivity index (χ4v) is 3.00. The summed E-state index contributed by atoms with van der Waals surface area (Å²) in [6.45, 7) is 3.41. The Bertz CT molecular complexity index is 605. The van der Waals surface area contributed by atoms with Crippen molar-refractivity contribution in [3.63, 3.8) is 0 Å². The molecule has 0 spiro atoms. The second-order valence-corrected chi connectivity index (χ2v) is 5.94. The number of pyridine rings is 1. The molecule has 1 fully saturated rings. The van der Waals surface area contributed by atoms with Crippen molar-refractivity contribution in [1.82, 2.24) is 15.2 Å². The Morgan fingerprint density at radius 2 is 2.30 bits per heavy atom. The molecule has 0 radical (unpaired) electrons. The number of nitrogens with one attached hydrogen (secondary N) is 2. The second-order valence-electron chi connectivity index (χ2n) is 5.94. The first kappa shape index (κ1) is 15.7. The van der Waals surface area contributed by atoms with Gasteiger partial charge in [-0.2, -0.15) is 5.26 Å². The Balaban J connectivity index is 1.49. The lowest BCUT2D eigenvalue weighted by Gasteiger charge is -2.30. The summed E-state index contributed by atoms with van der Waals surface area (Å²) in [5.74, 6) is 0. The van der Waals surface area contributed by atoms with Crippen LogP contribution in [0.3, 0.4) is 0 Å². The van der Waals surface area contributed by atoms with Crippen molar-refractivity contribution in [1.29, 1.82) is 5.26 Å². The van der Waals surface area contributed by atoms with Crippen LogP contribution < -0.4 is 10.6 Å². The maximum absolute atomic E-state index is 12.1. The third kappa shape index (κ3) is 4.18. The maximum Gasteiger partial charge on any atom is 0.319 e. The average molecular weight is 315 g/mol. The van der Waals surface area contributed by atoms with E-state index in [-0.39, 0.29) is 12.1 Å². The third-order valence-electron chi connectivity index (χ3n) is 4.28. The van der Waals surface area contributed by atoms with E-state index in [2.05, 4.69) is 26.6 Å². The first-order valence-corrected chi connectivity index (χ1v) is 7.97. The molecular formula is C16H21N5O2. The quantitative estimate of drug-likeness (QED) is 0.820. The smallest absolute Gasteiger partial charge is 0.319 e. The predicted octanol–water partition coefficient (Wildman–Crippen LogP) is 1.26. The molecule has 3 heterocycles. The van der Waals surface area contributed by atoms with Gasteiger partial charge in [-0.05, 0) is 18.9 Å². The number of piperidine rings is 1. The molecule has 2 aliphatic heterocycles. The molecule has 0 unspecified atom stereocenters. The minimum atomic E-state index is -0.206. The van der Waals surface area contributed by atoms with Gasteiger partial charge in [0.15, 0.2) is 0 Å². The number of likely N-dealkylation sites (tertiary alicyclic amines) is 1. The number of hydrogen-bond acceptors (Lipinski definition) is 5. The van der Waals surface area contributed by atoms with Crippen LogP contribution in [0.1, 0.15) is 24.1 Å². The minimum absolute atomic E-state index is 0.152. The van der Waals surface area contributed by atoms with Crippen molar-refractivity contribution in [2.24, 2.45) is 0 Å². The zero-order chi connectivity index (χ0) is 16.1. The number of carbonyl (C=O) groups is 1. The fourth-order valence-electron chi connectivity index (χ4n) is 3.00. The zero-order valence-corrected chi connectivity index (χ0v) is 13.0. The fraction of sp³-hybridized carbons (Fsp3) is 0.562. The summed E-state index contributed by atoms with van der Waals surface area (Å²) in [4.78, 5) is 18.6. The number of aromatic nitrogens is 1. The van der Waals surface area contributed by atoms with Crippen LogP contribution in [-0.2, 0) is 17.8 Å². The Labute approximate surface area is 135 Å². The van der Waals surface area contributed by atoms with Crippen LogP contribution in [0.5, 0.6) is 0 Å².